The molecular weight excluding hydrogens is 248 g/mol. The van der Waals surface area contributed by atoms with E-state index in [-0.39, 0.29) is 5.75 Å². The molecule has 1 aromatic carbocycles. The molecule has 1 aromatic heterocycles. The maximum Gasteiger partial charge on any atom is 0.382 e. The lowest BCUT2D eigenvalue weighted by atomic mass is 10.1. The molecule has 0 atom stereocenters. The molecule has 0 saturated heterocycles. The van der Waals surface area contributed by atoms with E-state index in [0.29, 0.717) is 16.7 Å². The molecule has 102 valence electrons. The fourth-order valence-electron chi connectivity index (χ4n) is 1.79. The second-order valence-corrected chi connectivity index (χ2v) is 5.12. The van der Waals surface area contributed by atoms with Gasteiger partial charge in [0, 0.05) is 0 Å². The Kier molecular flexibility index (Phi) is 3.14. The van der Waals surface area contributed by atoms with E-state index in [1.54, 1.807) is 18.2 Å². The van der Waals surface area contributed by atoms with Crippen molar-refractivity contribution in [1.82, 2.24) is 0 Å². The summed E-state index contributed by atoms with van der Waals surface area (Å²) in [7, 11) is 1.38. The number of benzene rings is 1. The third kappa shape index (κ3) is 2.50. The van der Waals surface area contributed by atoms with Crippen LogP contribution in [-0.4, -0.2) is 17.8 Å². The van der Waals surface area contributed by atoms with Gasteiger partial charge in [-0.25, -0.2) is 4.79 Å². The van der Waals surface area contributed by atoms with Gasteiger partial charge < -0.3 is 19.0 Å². The maximum atomic E-state index is 11.5. The van der Waals surface area contributed by atoms with E-state index in [0.717, 1.165) is 0 Å². The standard InChI is InChI=1S/C14H16O5/c1-14(2,3)19-9-7-5-6-8-10(9)12(17-4)11(15)13(16)18-8/h5-7,15H,1-4H3. The Hall–Kier alpha value is -2.17. The van der Waals surface area contributed by atoms with Crippen LogP contribution in [-0.2, 0) is 0 Å². The molecule has 2 aromatic rings. The van der Waals surface area contributed by atoms with Crippen molar-refractivity contribution >= 4 is 11.0 Å². The Morgan fingerprint density at radius 3 is 2.53 bits per heavy atom. The number of rotatable bonds is 2. The molecule has 0 aliphatic heterocycles. The van der Waals surface area contributed by atoms with Gasteiger partial charge in [-0.15, -0.1) is 0 Å². The molecule has 0 saturated carbocycles. The van der Waals surface area contributed by atoms with Crippen molar-refractivity contribution in [3.63, 3.8) is 0 Å². The third-order valence-corrected chi connectivity index (χ3v) is 2.45. The summed E-state index contributed by atoms with van der Waals surface area (Å²) in [4.78, 5) is 11.5. The van der Waals surface area contributed by atoms with Gasteiger partial charge in [0.05, 0.1) is 7.11 Å². The number of methoxy groups -OCH3 is 1. The predicted molar refractivity (Wildman–Crippen MR) is 71.1 cm³/mol. The van der Waals surface area contributed by atoms with Gasteiger partial charge in [0.15, 0.2) is 5.75 Å². The molecule has 5 nitrogen and oxygen atoms in total. The van der Waals surface area contributed by atoms with Crippen LogP contribution in [0.25, 0.3) is 11.0 Å². The highest BCUT2D eigenvalue weighted by Crippen LogP contribution is 2.38. The first-order valence-electron chi connectivity index (χ1n) is 5.85. The predicted octanol–water partition coefficient (Wildman–Crippen LogP) is 2.68. The first-order valence-corrected chi connectivity index (χ1v) is 5.85. The molecule has 5 heteroatoms. The zero-order chi connectivity index (χ0) is 14.2. The van der Waals surface area contributed by atoms with Crippen molar-refractivity contribution in [2.24, 2.45) is 0 Å². The third-order valence-electron chi connectivity index (χ3n) is 2.45. The van der Waals surface area contributed by atoms with Crippen LogP contribution >= 0.6 is 0 Å². The largest absolute Gasteiger partial charge is 0.499 e. The number of hydrogen-bond donors (Lipinski definition) is 1. The van der Waals surface area contributed by atoms with Gasteiger partial charge in [0.2, 0.25) is 5.75 Å². The van der Waals surface area contributed by atoms with Crippen molar-refractivity contribution in [3.8, 4) is 17.2 Å². The van der Waals surface area contributed by atoms with E-state index in [2.05, 4.69) is 0 Å². The van der Waals surface area contributed by atoms with Crippen LogP contribution < -0.4 is 15.1 Å². The zero-order valence-corrected chi connectivity index (χ0v) is 11.3. The minimum absolute atomic E-state index is 0.0612. The first-order chi connectivity index (χ1) is 8.83. The SMILES string of the molecule is COc1c(O)c(=O)oc2cccc(OC(C)(C)C)c12. The van der Waals surface area contributed by atoms with Crippen LogP contribution in [0.4, 0.5) is 0 Å². The molecule has 0 fully saturated rings. The molecule has 19 heavy (non-hydrogen) atoms. The van der Waals surface area contributed by atoms with E-state index in [1.165, 1.54) is 7.11 Å². The fourth-order valence-corrected chi connectivity index (χ4v) is 1.79. The Bertz CT molecular complexity index is 664. The summed E-state index contributed by atoms with van der Waals surface area (Å²) < 4.78 is 15.9. The van der Waals surface area contributed by atoms with Gasteiger partial charge >= 0.3 is 5.63 Å². The average molecular weight is 264 g/mol. The summed E-state index contributed by atoms with van der Waals surface area (Å²) in [6.07, 6.45) is 0. The van der Waals surface area contributed by atoms with Crippen LogP contribution in [0.3, 0.4) is 0 Å². The number of ether oxygens (including phenoxy) is 2. The smallest absolute Gasteiger partial charge is 0.382 e. The molecule has 0 amide bonds. The summed E-state index contributed by atoms with van der Waals surface area (Å²) in [5, 5.41) is 10.2. The van der Waals surface area contributed by atoms with Gasteiger partial charge in [-0.2, -0.15) is 0 Å². The molecule has 0 radical (unpaired) electrons. The zero-order valence-electron chi connectivity index (χ0n) is 11.3. The lowest BCUT2D eigenvalue weighted by molar-refractivity contribution is 0.132. The van der Waals surface area contributed by atoms with E-state index in [4.69, 9.17) is 13.9 Å². The van der Waals surface area contributed by atoms with Crippen LogP contribution in [0, 0.1) is 0 Å². The Balaban J connectivity index is 2.80. The van der Waals surface area contributed by atoms with Crippen LogP contribution in [0.1, 0.15) is 20.8 Å². The molecule has 1 heterocycles. The lowest BCUT2D eigenvalue weighted by Crippen LogP contribution is -2.23. The number of hydrogen-bond acceptors (Lipinski definition) is 5. The molecule has 1 N–H and O–H groups in total. The van der Waals surface area contributed by atoms with Crippen molar-refractivity contribution in [1.29, 1.82) is 0 Å². The van der Waals surface area contributed by atoms with Crippen molar-refractivity contribution in [2.45, 2.75) is 26.4 Å². The van der Waals surface area contributed by atoms with Crippen LogP contribution in [0.5, 0.6) is 17.2 Å². The molecule has 2 rings (SSSR count). The van der Waals surface area contributed by atoms with Gasteiger partial charge in [0.1, 0.15) is 22.3 Å². The van der Waals surface area contributed by atoms with Gasteiger partial charge in [-0.3, -0.25) is 0 Å². The molecule has 0 aliphatic rings. The maximum absolute atomic E-state index is 11.5. The normalized spacial score (nSPS) is 11.6. The average Bonchev–Trinajstić information content (AvgIpc) is 2.29. The summed E-state index contributed by atoms with van der Waals surface area (Å²) in [6.45, 7) is 5.70. The quantitative estimate of drug-likeness (QED) is 0.844. The van der Waals surface area contributed by atoms with Crippen molar-refractivity contribution < 1.29 is 19.0 Å². The summed E-state index contributed by atoms with van der Waals surface area (Å²) in [5.41, 5.74) is -0.955. The number of fused-ring (bicyclic) bond motifs is 1. The second kappa shape index (κ2) is 4.50. The molecular formula is C14H16O5. The van der Waals surface area contributed by atoms with Gasteiger partial charge in [0.25, 0.3) is 0 Å². The Morgan fingerprint density at radius 1 is 1.26 bits per heavy atom. The highest BCUT2D eigenvalue weighted by Gasteiger charge is 2.21. The second-order valence-electron chi connectivity index (χ2n) is 5.12. The van der Waals surface area contributed by atoms with Gasteiger partial charge in [-0.1, -0.05) is 6.07 Å². The first kappa shape index (κ1) is 13.3. The Morgan fingerprint density at radius 2 is 1.95 bits per heavy atom. The summed E-state index contributed by atoms with van der Waals surface area (Å²) in [6, 6.07) is 5.06. The van der Waals surface area contributed by atoms with Crippen LogP contribution in [0.2, 0.25) is 0 Å². The minimum Gasteiger partial charge on any atom is -0.499 e. The highest BCUT2D eigenvalue weighted by molar-refractivity contribution is 5.91. The highest BCUT2D eigenvalue weighted by atomic mass is 16.5. The summed E-state index contributed by atoms with van der Waals surface area (Å²) in [5.74, 6) is -0.00745. The van der Waals surface area contributed by atoms with E-state index in [9.17, 15) is 9.90 Å². The Labute approximate surface area is 110 Å². The van der Waals surface area contributed by atoms with Crippen LogP contribution in [0.15, 0.2) is 27.4 Å². The van der Waals surface area contributed by atoms with E-state index < -0.39 is 17.0 Å². The lowest BCUT2D eigenvalue weighted by Gasteiger charge is -2.22. The summed E-state index contributed by atoms with van der Waals surface area (Å²) >= 11 is 0. The molecule has 0 bridgehead atoms. The minimum atomic E-state index is -0.836. The monoisotopic (exact) mass is 264 g/mol. The van der Waals surface area contributed by atoms with E-state index >= 15 is 0 Å². The van der Waals surface area contributed by atoms with Crippen molar-refractivity contribution in [3.05, 3.63) is 28.6 Å². The topological polar surface area (TPSA) is 68.9 Å². The molecule has 0 spiro atoms. The van der Waals surface area contributed by atoms with Gasteiger partial charge in [-0.05, 0) is 32.9 Å². The fraction of sp³-hybridized carbons (Fsp3) is 0.357. The molecule has 0 aliphatic carbocycles. The van der Waals surface area contributed by atoms with E-state index in [1.807, 2.05) is 20.8 Å². The molecule has 0 unspecified atom stereocenters. The van der Waals surface area contributed by atoms with Crippen molar-refractivity contribution in [2.75, 3.05) is 7.11 Å². The number of aromatic hydroxyl groups is 1.